The van der Waals surface area contributed by atoms with Crippen molar-refractivity contribution in [2.24, 2.45) is 5.92 Å². The van der Waals surface area contributed by atoms with Crippen LogP contribution in [0.25, 0.3) is 0 Å². The highest BCUT2D eigenvalue weighted by molar-refractivity contribution is 5.66. The number of carboxylic acid groups (broad SMARTS) is 1. The Kier molecular flexibility index (Phi) is 4.94. The van der Waals surface area contributed by atoms with E-state index in [2.05, 4.69) is 0 Å². The molecule has 60 valence electrons. The first kappa shape index (κ1) is 9.43. The van der Waals surface area contributed by atoms with Crippen LogP contribution in [0.4, 0.5) is 0 Å². The van der Waals surface area contributed by atoms with Gasteiger partial charge in [-0.2, -0.15) is 0 Å². The van der Waals surface area contributed by atoms with Gasteiger partial charge in [-0.05, 0) is 12.8 Å². The summed E-state index contributed by atoms with van der Waals surface area (Å²) in [5.74, 6) is -0.635. The average Bonchev–Trinajstić information content (AvgIpc) is 1.82. The molecule has 0 aliphatic carbocycles. The second-order valence-corrected chi connectivity index (χ2v) is 2.36. The number of aliphatic carboxylic acids is 1. The summed E-state index contributed by atoms with van der Waals surface area (Å²) in [5, 5.41) is 8.33. The smallest absolute Gasteiger partial charge is 0.303 e. The van der Waals surface area contributed by atoms with E-state index in [-0.39, 0.29) is 12.3 Å². The average molecular weight is 146 g/mol. The highest BCUT2D eigenvalue weighted by Gasteiger charge is 2.06. The second-order valence-electron chi connectivity index (χ2n) is 2.36. The molecular formula is C7H14O3. The van der Waals surface area contributed by atoms with Crippen LogP contribution < -0.4 is 0 Å². The van der Waals surface area contributed by atoms with Crippen molar-refractivity contribution in [3.8, 4) is 0 Å². The van der Waals surface area contributed by atoms with E-state index in [1.165, 1.54) is 0 Å². The van der Waals surface area contributed by atoms with Crippen LogP contribution in [0.1, 0.15) is 20.3 Å². The van der Waals surface area contributed by atoms with E-state index in [0.717, 1.165) is 0 Å². The third-order valence-electron chi connectivity index (χ3n) is 1.13. The molecule has 0 radical (unpaired) electrons. The maximum atomic E-state index is 10.1. The normalized spacial score (nSPS) is 13.0. The first-order valence-electron chi connectivity index (χ1n) is 3.46. The molecule has 0 rings (SSSR count). The van der Waals surface area contributed by atoms with E-state index in [0.29, 0.717) is 13.2 Å². The Morgan fingerprint density at radius 1 is 1.70 bits per heavy atom. The van der Waals surface area contributed by atoms with Crippen LogP contribution in [0.5, 0.6) is 0 Å². The number of hydrogen-bond donors (Lipinski definition) is 1. The van der Waals surface area contributed by atoms with E-state index in [9.17, 15) is 4.79 Å². The zero-order chi connectivity index (χ0) is 7.98. The van der Waals surface area contributed by atoms with Crippen LogP contribution in [-0.4, -0.2) is 24.3 Å². The van der Waals surface area contributed by atoms with Crippen molar-refractivity contribution in [3.63, 3.8) is 0 Å². The maximum Gasteiger partial charge on any atom is 0.303 e. The molecule has 0 spiro atoms. The van der Waals surface area contributed by atoms with E-state index in [1.807, 2.05) is 13.8 Å². The molecule has 0 aromatic heterocycles. The summed E-state index contributed by atoms with van der Waals surface area (Å²) in [6.07, 6.45) is 0.194. The van der Waals surface area contributed by atoms with Gasteiger partial charge < -0.3 is 9.84 Å². The van der Waals surface area contributed by atoms with E-state index >= 15 is 0 Å². The van der Waals surface area contributed by atoms with Gasteiger partial charge in [0.05, 0.1) is 6.42 Å². The first-order chi connectivity index (χ1) is 4.66. The molecule has 0 amide bonds. The van der Waals surface area contributed by atoms with E-state index in [4.69, 9.17) is 9.84 Å². The van der Waals surface area contributed by atoms with Crippen molar-refractivity contribution in [3.05, 3.63) is 0 Å². The highest BCUT2D eigenvalue weighted by Crippen LogP contribution is 2.01. The lowest BCUT2D eigenvalue weighted by molar-refractivity contribution is -0.138. The molecule has 0 aliphatic rings. The lowest BCUT2D eigenvalue weighted by atomic mass is 10.1. The van der Waals surface area contributed by atoms with E-state index in [1.54, 1.807) is 0 Å². The lowest BCUT2D eigenvalue weighted by Gasteiger charge is -2.06. The predicted molar refractivity (Wildman–Crippen MR) is 37.9 cm³/mol. The van der Waals surface area contributed by atoms with Crippen LogP contribution in [-0.2, 0) is 9.53 Å². The van der Waals surface area contributed by atoms with Gasteiger partial charge in [0.25, 0.3) is 0 Å². The molecule has 0 heterocycles. The lowest BCUT2D eigenvalue weighted by Crippen LogP contribution is -2.10. The van der Waals surface area contributed by atoms with Gasteiger partial charge in [-0.1, -0.05) is 6.92 Å². The van der Waals surface area contributed by atoms with Crippen LogP contribution in [0.15, 0.2) is 0 Å². The third kappa shape index (κ3) is 5.56. The minimum Gasteiger partial charge on any atom is -0.481 e. The molecule has 1 atom stereocenters. The van der Waals surface area contributed by atoms with Crippen LogP contribution in [0, 0.1) is 5.92 Å². The van der Waals surface area contributed by atoms with Gasteiger partial charge in [-0.25, -0.2) is 0 Å². The quantitative estimate of drug-likeness (QED) is 0.632. The topological polar surface area (TPSA) is 46.5 Å². The summed E-state index contributed by atoms with van der Waals surface area (Å²) in [4.78, 5) is 10.1. The van der Waals surface area contributed by atoms with Gasteiger partial charge >= 0.3 is 5.97 Å². The Labute approximate surface area is 61.0 Å². The van der Waals surface area contributed by atoms with Crippen molar-refractivity contribution in [1.29, 1.82) is 0 Å². The second kappa shape index (κ2) is 5.23. The van der Waals surface area contributed by atoms with Crippen LogP contribution in [0.2, 0.25) is 0 Å². The largest absolute Gasteiger partial charge is 0.481 e. The van der Waals surface area contributed by atoms with Gasteiger partial charge in [0.15, 0.2) is 0 Å². The van der Waals surface area contributed by atoms with Crippen molar-refractivity contribution < 1.29 is 14.6 Å². The van der Waals surface area contributed by atoms with Crippen molar-refractivity contribution >= 4 is 5.97 Å². The Morgan fingerprint density at radius 3 is 2.70 bits per heavy atom. The molecule has 0 saturated carbocycles. The monoisotopic (exact) mass is 146 g/mol. The first-order valence-corrected chi connectivity index (χ1v) is 3.46. The zero-order valence-electron chi connectivity index (χ0n) is 6.46. The number of carbonyl (C=O) groups is 1. The van der Waals surface area contributed by atoms with Gasteiger partial charge in [0, 0.05) is 13.2 Å². The summed E-state index contributed by atoms with van der Waals surface area (Å²) in [5.41, 5.74) is 0. The predicted octanol–water partition coefficient (Wildman–Crippen LogP) is 1.13. The number of hydrogen-bond acceptors (Lipinski definition) is 2. The summed E-state index contributed by atoms with van der Waals surface area (Å²) in [6, 6.07) is 0. The number of ether oxygens (including phenoxy) is 1. The Hall–Kier alpha value is -0.570. The van der Waals surface area contributed by atoms with Crippen molar-refractivity contribution in [2.45, 2.75) is 20.3 Å². The molecule has 1 N–H and O–H groups in total. The minimum atomic E-state index is -0.757. The highest BCUT2D eigenvalue weighted by atomic mass is 16.5. The molecule has 0 aliphatic heterocycles. The van der Waals surface area contributed by atoms with Crippen LogP contribution >= 0.6 is 0 Å². The molecular weight excluding hydrogens is 132 g/mol. The summed E-state index contributed by atoms with van der Waals surface area (Å²) in [6.45, 7) is 4.96. The Balaban J connectivity index is 3.25. The van der Waals surface area contributed by atoms with Crippen LogP contribution in [0.3, 0.4) is 0 Å². The van der Waals surface area contributed by atoms with Crippen molar-refractivity contribution in [2.75, 3.05) is 13.2 Å². The molecule has 0 aromatic rings. The van der Waals surface area contributed by atoms with E-state index < -0.39 is 5.97 Å². The Bertz CT molecular complexity index is 101. The third-order valence-corrected chi connectivity index (χ3v) is 1.13. The Morgan fingerprint density at radius 2 is 2.30 bits per heavy atom. The molecule has 3 nitrogen and oxygen atoms in total. The van der Waals surface area contributed by atoms with Crippen molar-refractivity contribution in [1.82, 2.24) is 0 Å². The standard InChI is InChI=1S/C7H14O3/c1-3-10-5-6(2)4-7(8)9/h6H,3-5H2,1-2H3,(H,8,9)/t6-/m0/s1. The molecule has 0 fully saturated rings. The SMILES string of the molecule is CCOC[C@@H](C)CC(=O)O. The summed E-state index contributed by atoms with van der Waals surface area (Å²) >= 11 is 0. The minimum absolute atomic E-state index is 0.123. The fourth-order valence-electron chi connectivity index (χ4n) is 0.676. The molecule has 0 saturated heterocycles. The molecule has 0 unspecified atom stereocenters. The van der Waals surface area contributed by atoms with Gasteiger partial charge in [-0.15, -0.1) is 0 Å². The molecule has 0 aromatic carbocycles. The van der Waals surface area contributed by atoms with Gasteiger partial charge in [-0.3, -0.25) is 4.79 Å². The summed E-state index contributed by atoms with van der Waals surface area (Å²) < 4.78 is 5.03. The summed E-state index contributed by atoms with van der Waals surface area (Å²) in [7, 11) is 0. The molecule has 0 bridgehead atoms. The number of carboxylic acids is 1. The zero-order valence-corrected chi connectivity index (χ0v) is 6.46. The fourth-order valence-corrected chi connectivity index (χ4v) is 0.676. The van der Waals surface area contributed by atoms with Gasteiger partial charge in [0.1, 0.15) is 0 Å². The molecule has 10 heavy (non-hydrogen) atoms. The number of rotatable bonds is 5. The fraction of sp³-hybridized carbons (Fsp3) is 0.857. The molecule has 3 heteroatoms. The maximum absolute atomic E-state index is 10.1. The van der Waals surface area contributed by atoms with Gasteiger partial charge in [0.2, 0.25) is 0 Å².